The van der Waals surface area contributed by atoms with Crippen LogP contribution in [0.5, 0.6) is 0 Å². The van der Waals surface area contributed by atoms with Crippen LogP contribution in [-0.4, -0.2) is 18.1 Å². The van der Waals surface area contributed by atoms with E-state index in [1.165, 1.54) is 12.7 Å². The first-order valence-electron chi connectivity index (χ1n) is 5.79. The van der Waals surface area contributed by atoms with Crippen molar-refractivity contribution in [3.05, 3.63) is 42.2 Å². The Labute approximate surface area is 103 Å². The van der Waals surface area contributed by atoms with Crippen LogP contribution < -0.4 is 0 Å². The summed E-state index contributed by atoms with van der Waals surface area (Å²) < 4.78 is 4.62. The molecule has 3 nitrogen and oxygen atoms in total. The fourth-order valence-electron chi connectivity index (χ4n) is 1.79. The van der Waals surface area contributed by atoms with Gasteiger partial charge in [0.1, 0.15) is 0 Å². The first-order chi connectivity index (χ1) is 8.17. The minimum atomic E-state index is -0.154. The van der Waals surface area contributed by atoms with Gasteiger partial charge in [-0.05, 0) is 37.5 Å². The van der Waals surface area contributed by atoms with Crippen LogP contribution in [0.1, 0.15) is 36.4 Å². The second kappa shape index (κ2) is 6.84. The zero-order valence-electron chi connectivity index (χ0n) is 10.5. The molecule has 0 aliphatic carbocycles. The maximum absolute atomic E-state index is 11.0. The van der Waals surface area contributed by atoms with Crippen molar-refractivity contribution in [1.29, 1.82) is 0 Å². The number of ether oxygens (including phenoxy) is 1. The van der Waals surface area contributed by atoms with E-state index in [0.717, 1.165) is 18.5 Å². The van der Waals surface area contributed by atoms with Gasteiger partial charge in [-0.1, -0.05) is 6.08 Å². The predicted molar refractivity (Wildman–Crippen MR) is 67.8 cm³/mol. The lowest BCUT2D eigenvalue weighted by Gasteiger charge is -2.12. The molecule has 0 N–H and O–H groups in total. The van der Waals surface area contributed by atoms with E-state index in [-0.39, 0.29) is 11.9 Å². The van der Waals surface area contributed by atoms with Crippen LogP contribution in [0.4, 0.5) is 0 Å². The van der Waals surface area contributed by atoms with Gasteiger partial charge in [0.25, 0.3) is 0 Å². The molecule has 1 heterocycles. The molecule has 0 aromatic carbocycles. The molecule has 1 aromatic rings. The van der Waals surface area contributed by atoms with Crippen molar-refractivity contribution in [2.24, 2.45) is 0 Å². The molecule has 1 rings (SSSR count). The van der Waals surface area contributed by atoms with Crippen LogP contribution in [0.2, 0.25) is 0 Å². The number of carbonyl (C=O) groups excluding carboxylic acids is 1. The van der Waals surface area contributed by atoms with Gasteiger partial charge in [-0.25, -0.2) is 0 Å². The molecule has 0 amide bonds. The van der Waals surface area contributed by atoms with Gasteiger partial charge in [0.05, 0.1) is 7.11 Å². The standard InChI is InChI=1S/C14H19NO2/c1-4-12(6-5-7-14(16)17-3)13-8-9-15-11(2)10-13/h4,8-10,12H,1,5-7H2,2-3H3. The number of allylic oxidation sites excluding steroid dienone is 1. The lowest BCUT2D eigenvalue weighted by atomic mass is 9.94. The quantitative estimate of drug-likeness (QED) is 0.560. The smallest absolute Gasteiger partial charge is 0.305 e. The highest BCUT2D eigenvalue weighted by molar-refractivity contribution is 5.69. The van der Waals surface area contributed by atoms with Crippen LogP contribution in [0.25, 0.3) is 0 Å². The molecular weight excluding hydrogens is 214 g/mol. The normalized spacial score (nSPS) is 11.9. The first-order valence-corrected chi connectivity index (χ1v) is 5.79. The summed E-state index contributed by atoms with van der Waals surface area (Å²) >= 11 is 0. The Morgan fingerprint density at radius 1 is 1.65 bits per heavy atom. The summed E-state index contributed by atoms with van der Waals surface area (Å²) in [6.07, 6.45) is 5.91. The topological polar surface area (TPSA) is 39.2 Å². The minimum absolute atomic E-state index is 0.154. The number of hydrogen-bond acceptors (Lipinski definition) is 3. The predicted octanol–water partition coefficient (Wildman–Crippen LogP) is 3.00. The van der Waals surface area contributed by atoms with Crippen LogP contribution in [0, 0.1) is 6.92 Å². The van der Waals surface area contributed by atoms with Gasteiger partial charge >= 0.3 is 5.97 Å². The molecule has 0 aliphatic rings. The second-order valence-electron chi connectivity index (χ2n) is 4.04. The number of aryl methyl sites for hydroxylation is 1. The maximum Gasteiger partial charge on any atom is 0.305 e. The number of nitrogens with zero attached hydrogens (tertiary/aromatic N) is 1. The molecule has 1 unspecified atom stereocenters. The van der Waals surface area contributed by atoms with Gasteiger partial charge in [-0.3, -0.25) is 9.78 Å². The maximum atomic E-state index is 11.0. The molecule has 0 spiro atoms. The molecule has 1 aromatic heterocycles. The summed E-state index contributed by atoms with van der Waals surface area (Å²) in [7, 11) is 1.42. The molecule has 3 heteroatoms. The van der Waals surface area contributed by atoms with Crippen molar-refractivity contribution >= 4 is 5.97 Å². The number of rotatable bonds is 6. The number of pyridine rings is 1. The SMILES string of the molecule is C=CC(CCCC(=O)OC)c1ccnc(C)c1. The van der Waals surface area contributed by atoms with E-state index in [1.54, 1.807) is 0 Å². The Bertz CT molecular complexity index is 388. The molecule has 92 valence electrons. The average molecular weight is 233 g/mol. The molecule has 0 bridgehead atoms. The molecule has 0 radical (unpaired) electrons. The summed E-state index contributed by atoms with van der Waals surface area (Å²) in [5.41, 5.74) is 2.21. The van der Waals surface area contributed by atoms with E-state index in [4.69, 9.17) is 0 Å². The molecule has 0 fully saturated rings. The fourth-order valence-corrected chi connectivity index (χ4v) is 1.79. The molecule has 0 saturated heterocycles. The largest absolute Gasteiger partial charge is 0.469 e. The summed E-state index contributed by atoms with van der Waals surface area (Å²) in [5, 5.41) is 0. The molecule has 0 aliphatic heterocycles. The van der Waals surface area contributed by atoms with E-state index < -0.39 is 0 Å². The second-order valence-corrected chi connectivity index (χ2v) is 4.04. The summed E-state index contributed by atoms with van der Waals surface area (Å²) in [5.74, 6) is 0.125. The summed E-state index contributed by atoms with van der Waals surface area (Å²) in [4.78, 5) is 15.2. The number of hydrogen-bond donors (Lipinski definition) is 0. The zero-order valence-corrected chi connectivity index (χ0v) is 10.5. The Morgan fingerprint density at radius 2 is 2.41 bits per heavy atom. The monoisotopic (exact) mass is 233 g/mol. The Morgan fingerprint density at radius 3 is 3.00 bits per heavy atom. The fraction of sp³-hybridized carbons (Fsp3) is 0.429. The van der Waals surface area contributed by atoms with E-state index in [2.05, 4.69) is 22.4 Å². The Hall–Kier alpha value is -1.64. The van der Waals surface area contributed by atoms with Gasteiger partial charge < -0.3 is 4.74 Å². The third kappa shape index (κ3) is 4.39. The van der Waals surface area contributed by atoms with Crippen molar-refractivity contribution in [3.63, 3.8) is 0 Å². The van der Waals surface area contributed by atoms with Crippen LogP contribution in [-0.2, 0) is 9.53 Å². The average Bonchev–Trinajstić information content (AvgIpc) is 2.34. The first kappa shape index (κ1) is 13.4. The van der Waals surface area contributed by atoms with Gasteiger partial charge in [0, 0.05) is 24.2 Å². The zero-order chi connectivity index (χ0) is 12.7. The summed E-state index contributed by atoms with van der Waals surface area (Å²) in [6.45, 7) is 5.82. The number of aromatic nitrogens is 1. The third-order valence-electron chi connectivity index (χ3n) is 2.76. The number of esters is 1. The molecule has 0 saturated carbocycles. The molecule has 17 heavy (non-hydrogen) atoms. The third-order valence-corrected chi connectivity index (χ3v) is 2.76. The van der Waals surface area contributed by atoms with Crippen LogP contribution in [0.3, 0.4) is 0 Å². The van der Waals surface area contributed by atoms with Crippen molar-refractivity contribution in [3.8, 4) is 0 Å². The summed E-state index contributed by atoms with van der Waals surface area (Å²) in [6, 6.07) is 4.06. The van der Waals surface area contributed by atoms with Crippen molar-refractivity contribution < 1.29 is 9.53 Å². The van der Waals surface area contributed by atoms with Crippen molar-refractivity contribution in [2.75, 3.05) is 7.11 Å². The van der Waals surface area contributed by atoms with Crippen molar-refractivity contribution in [2.45, 2.75) is 32.1 Å². The van der Waals surface area contributed by atoms with Gasteiger partial charge in [0.2, 0.25) is 0 Å². The van der Waals surface area contributed by atoms with Crippen LogP contribution >= 0.6 is 0 Å². The Kier molecular flexibility index (Phi) is 5.40. The lowest BCUT2D eigenvalue weighted by molar-refractivity contribution is -0.140. The number of carbonyl (C=O) groups is 1. The van der Waals surface area contributed by atoms with E-state index >= 15 is 0 Å². The van der Waals surface area contributed by atoms with E-state index in [0.29, 0.717) is 6.42 Å². The van der Waals surface area contributed by atoms with Gasteiger partial charge in [0.15, 0.2) is 0 Å². The highest BCUT2D eigenvalue weighted by Gasteiger charge is 2.09. The lowest BCUT2D eigenvalue weighted by Crippen LogP contribution is -2.02. The highest BCUT2D eigenvalue weighted by atomic mass is 16.5. The van der Waals surface area contributed by atoms with Crippen molar-refractivity contribution in [1.82, 2.24) is 4.98 Å². The van der Waals surface area contributed by atoms with E-state index in [9.17, 15) is 4.79 Å². The molecule has 1 atom stereocenters. The number of methoxy groups -OCH3 is 1. The minimum Gasteiger partial charge on any atom is -0.469 e. The highest BCUT2D eigenvalue weighted by Crippen LogP contribution is 2.23. The Balaban J connectivity index is 2.54. The van der Waals surface area contributed by atoms with Gasteiger partial charge in [-0.15, -0.1) is 6.58 Å². The van der Waals surface area contributed by atoms with Crippen LogP contribution in [0.15, 0.2) is 31.0 Å². The van der Waals surface area contributed by atoms with Gasteiger partial charge in [-0.2, -0.15) is 0 Å². The van der Waals surface area contributed by atoms with E-state index in [1.807, 2.05) is 25.3 Å². The molecular formula is C14H19NO2.